The molecule has 5 unspecified atom stereocenters. The molecule has 1 N–H and O–H groups in total. The van der Waals surface area contributed by atoms with E-state index in [2.05, 4.69) is 107 Å². The zero-order chi connectivity index (χ0) is 25.8. The van der Waals surface area contributed by atoms with Gasteiger partial charge >= 0.3 is 0 Å². The maximum absolute atomic E-state index is 6.89. The third-order valence-electron chi connectivity index (χ3n) is 9.58. The summed E-state index contributed by atoms with van der Waals surface area (Å²) in [6, 6.07) is 16.1. The summed E-state index contributed by atoms with van der Waals surface area (Å²) >= 11 is 0. The fraction of sp³-hybridized carbons (Fsp3) is 0.333. The summed E-state index contributed by atoms with van der Waals surface area (Å²) in [5, 5.41) is 5.17. The number of nitrogens with one attached hydrogen (secondary N) is 1. The number of furan rings is 1. The lowest BCUT2D eigenvalue weighted by Gasteiger charge is -2.30. The van der Waals surface area contributed by atoms with Crippen LogP contribution in [0.15, 0.2) is 102 Å². The highest BCUT2D eigenvalue weighted by Crippen LogP contribution is 2.52. The Morgan fingerprint density at radius 1 is 0.821 bits per heavy atom. The number of para-hydroxylation sites is 1. The van der Waals surface area contributed by atoms with Gasteiger partial charge in [0.1, 0.15) is 5.58 Å². The molecule has 0 bridgehead atoms. The first-order valence-corrected chi connectivity index (χ1v) is 14.9. The van der Waals surface area contributed by atoms with E-state index in [4.69, 9.17) is 4.42 Å². The van der Waals surface area contributed by atoms with Crippen molar-refractivity contribution in [2.75, 3.05) is 4.90 Å². The number of rotatable bonds is 4. The van der Waals surface area contributed by atoms with Gasteiger partial charge in [0.25, 0.3) is 0 Å². The predicted octanol–water partition coefficient (Wildman–Crippen LogP) is 8.73. The number of aryl methyl sites for hydroxylation is 1. The number of fused-ring (bicyclic) bond motifs is 7. The van der Waals surface area contributed by atoms with E-state index in [1.165, 1.54) is 65.7 Å². The van der Waals surface area contributed by atoms with E-state index in [1.807, 2.05) is 0 Å². The summed E-state index contributed by atoms with van der Waals surface area (Å²) in [5.41, 5.74) is 7.45. The van der Waals surface area contributed by atoms with Crippen molar-refractivity contribution in [2.24, 2.45) is 11.8 Å². The lowest BCUT2D eigenvalue weighted by atomic mass is 9.78. The highest BCUT2D eigenvalue weighted by molar-refractivity contribution is 5.96. The number of benzene rings is 2. The molecule has 0 amide bonds. The third kappa shape index (κ3) is 3.85. The van der Waals surface area contributed by atoms with Gasteiger partial charge in [-0.1, -0.05) is 72.9 Å². The summed E-state index contributed by atoms with van der Waals surface area (Å²) in [5.74, 6) is 2.77. The average molecular weight is 513 g/mol. The molecule has 1 aliphatic heterocycles. The molecular weight excluding hydrogens is 476 g/mol. The van der Waals surface area contributed by atoms with E-state index < -0.39 is 0 Å². The number of nitrogens with zero attached hydrogens (tertiary/aromatic N) is 1. The second-order valence-corrected chi connectivity index (χ2v) is 11.8. The smallest absolute Gasteiger partial charge is 0.154 e. The summed E-state index contributed by atoms with van der Waals surface area (Å²) in [4.78, 5) is 2.49. The maximum Gasteiger partial charge on any atom is 0.154 e. The third-order valence-corrected chi connectivity index (χ3v) is 9.58. The summed E-state index contributed by atoms with van der Waals surface area (Å²) in [6.07, 6.45) is 29.7. The van der Waals surface area contributed by atoms with Crippen molar-refractivity contribution in [2.45, 2.75) is 62.9 Å². The van der Waals surface area contributed by atoms with E-state index in [0.29, 0.717) is 12.0 Å². The molecule has 39 heavy (non-hydrogen) atoms. The van der Waals surface area contributed by atoms with E-state index in [0.717, 1.165) is 30.1 Å². The molecule has 3 aromatic rings. The molecule has 2 heterocycles. The zero-order valence-corrected chi connectivity index (χ0v) is 22.4. The molecule has 1 aromatic heterocycles. The van der Waals surface area contributed by atoms with E-state index in [1.54, 1.807) is 0 Å². The summed E-state index contributed by atoms with van der Waals surface area (Å²) in [7, 11) is 0. The molecule has 8 rings (SSSR count). The average Bonchev–Trinajstić information content (AvgIpc) is 3.55. The van der Waals surface area contributed by atoms with Gasteiger partial charge < -0.3 is 14.6 Å². The molecule has 0 radical (unpaired) electrons. The van der Waals surface area contributed by atoms with Crippen LogP contribution in [-0.4, -0.2) is 12.1 Å². The second-order valence-electron chi connectivity index (χ2n) is 11.8. The zero-order valence-electron chi connectivity index (χ0n) is 22.4. The number of allylic oxidation sites excluding steroid dienone is 6. The van der Waals surface area contributed by atoms with Gasteiger partial charge in [0.15, 0.2) is 5.76 Å². The van der Waals surface area contributed by atoms with Gasteiger partial charge in [0.2, 0.25) is 0 Å². The first kappa shape index (κ1) is 23.2. The van der Waals surface area contributed by atoms with Crippen molar-refractivity contribution in [3.8, 4) is 0 Å². The Bertz CT molecular complexity index is 1550. The van der Waals surface area contributed by atoms with Gasteiger partial charge in [-0.15, -0.1) is 0 Å². The quantitative estimate of drug-likeness (QED) is 0.354. The van der Waals surface area contributed by atoms with Crippen LogP contribution < -0.4 is 10.2 Å². The van der Waals surface area contributed by atoms with Crippen LogP contribution in [0.5, 0.6) is 0 Å². The Balaban J connectivity index is 1.13. The van der Waals surface area contributed by atoms with Gasteiger partial charge in [-0.25, -0.2) is 0 Å². The topological polar surface area (TPSA) is 28.4 Å². The largest absolute Gasteiger partial charge is 0.454 e. The van der Waals surface area contributed by atoms with Crippen molar-refractivity contribution in [3.05, 3.63) is 114 Å². The minimum atomic E-state index is 0.271. The SMILES string of the molecule is C1=CC2c3c(ccc4c5c(oc34)C(NC3C=CC(C4C=CCCC4)CC3)=CCC5)N(c3ccccc3)C2C=C1. The lowest BCUT2D eigenvalue weighted by molar-refractivity contribution is 0.366. The van der Waals surface area contributed by atoms with E-state index in [-0.39, 0.29) is 12.0 Å². The number of hydrogen-bond acceptors (Lipinski definition) is 3. The molecular formula is C36H36N2O. The van der Waals surface area contributed by atoms with Crippen molar-refractivity contribution < 1.29 is 4.42 Å². The molecule has 0 saturated heterocycles. The summed E-state index contributed by atoms with van der Waals surface area (Å²) < 4.78 is 6.89. The molecule has 5 atom stereocenters. The second kappa shape index (κ2) is 9.48. The molecule has 4 aliphatic carbocycles. The number of anilines is 2. The first-order valence-electron chi connectivity index (χ1n) is 14.9. The fourth-order valence-electron chi connectivity index (χ4n) is 7.68. The Kier molecular flexibility index (Phi) is 5.64. The van der Waals surface area contributed by atoms with Crippen LogP contribution in [-0.2, 0) is 6.42 Å². The lowest BCUT2D eigenvalue weighted by Crippen LogP contribution is -2.31. The van der Waals surface area contributed by atoms with Gasteiger partial charge in [0, 0.05) is 39.8 Å². The Hall–Kier alpha value is -3.72. The maximum atomic E-state index is 6.89. The van der Waals surface area contributed by atoms with Gasteiger partial charge in [0.05, 0.1) is 11.7 Å². The molecule has 3 heteroatoms. The van der Waals surface area contributed by atoms with Crippen LogP contribution in [0.2, 0.25) is 0 Å². The molecule has 5 aliphatic rings. The van der Waals surface area contributed by atoms with Crippen LogP contribution in [0, 0.1) is 11.8 Å². The minimum Gasteiger partial charge on any atom is -0.454 e. The van der Waals surface area contributed by atoms with Crippen molar-refractivity contribution >= 4 is 28.0 Å². The molecule has 0 fully saturated rings. The van der Waals surface area contributed by atoms with Gasteiger partial charge in [-0.2, -0.15) is 0 Å². The highest BCUT2D eigenvalue weighted by Gasteiger charge is 2.40. The molecule has 0 spiro atoms. The van der Waals surface area contributed by atoms with Crippen LogP contribution in [0.4, 0.5) is 11.4 Å². The molecule has 0 saturated carbocycles. The van der Waals surface area contributed by atoms with Gasteiger partial charge in [-0.3, -0.25) is 0 Å². The van der Waals surface area contributed by atoms with Crippen LogP contribution in [0.1, 0.15) is 61.3 Å². The van der Waals surface area contributed by atoms with Crippen LogP contribution in [0.3, 0.4) is 0 Å². The van der Waals surface area contributed by atoms with E-state index >= 15 is 0 Å². The van der Waals surface area contributed by atoms with Crippen molar-refractivity contribution in [1.29, 1.82) is 0 Å². The minimum absolute atomic E-state index is 0.271. The standard InChI is InChI=1S/C36H36N2O/c1-3-10-24(11-4-1)25-18-20-26(21-19-25)37-31-16-9-15-28-29-22-23-33-34(36(29)39-35(28)31)30-14-7-8-17-32(30)38(33)27-12-5-2-6-13-27/h2-3,5-8,10,12-14,16-18,20,22-26,30,32,37H,1,4,9,11,15,19,21H2. The first-order chi connectivity index (χ1) is 19.3. The molecule has 196 valence electrons. The monoisotopic (exact) mass is 512 g/mol. The Morgan fingerprint density at radius 2 is 1.72 bits per heavy atom. The normalized spacial score (nSPS) is 28.8. The highest BCUT2D eigenvalue weighted by atomic mass is 16.3. The predicted molar refractivity (Wildman–Crippen MR) is 161 cm³/mol. The Morgan fingerprint density at radius 3 is 2.56 bits per heavy atom. The van der Waals surface area contributed by atoms with E-state index in [9.17, 15) is 0 Å². The fourth-order valence-corrected chi connectivity index (χ4v) is 7.68. The number of hydrogen-bond donors (Lipinski definition) is 1. The van der Waals surface area contributed by atoms with Crippen molar-refractivity contribution in [1.82, 2.24) is 5.32 Å². The Labute approximate surface area is 231 Å². The van der Waals surface area contributed by atoms with Gasteiger partial charge in [-0.05, 0) is 81.0 Å². The van der Waals surface area contributed by atoms with Crippen molar-refractivity contribution in [3.63, 3.8) is 0 Å². The summed E-state index contributed by atoms with van der Waals surface area (Å²) in [6.45, 7) is 0. The van der Waals surface area contributed by atoms with Crippen LogP contribution >= 0.6 is 0 Å². The molecule has 3 nitrogen and oxygen atoms in total. The van der Waals surface area contributed by atoms with Crippen LogP contribution in [0.25, 0.3) is 16.7 Å². The molecule has 2 aromatic carbocycles.